The number of morpholine rings is 1. The van der Waals surface area contributed by atoms with Gasteiger partial charge in [0.2, 0.25) is 5.91 Å². The molecule has 1 aromatic heterocycles. The van der Waals surface area contributed by atoms with Crippen LogP contribution < -0.4 is 19.7 Å². The number of anilines is 2. The molecular formula is C19H21N3O4. The Labute approximate surface area is 151 Å². The van der Waals surface area contributed by atoms with Crippen LogP contribution in [-0.2, 0) is 16.0 Å². The molecular weight excluding hydrogens is 334 g/mol. The van der Waals surface area contributed by atoms with Crippen molar-refractivity contribution in [3.05, 3.63) is 42.1 Å². The molecule has 136 valence electrons. The summed E-state index contributed by atoms with van der Waals surface area (Å²) in [6.45, 7) is 4.20. The fourth-order valence-electron chi connectivity index (χ4n) is 3.03. The van der Waals surface area contributed by atoms with Crippen LogP contribution in [0.25, 0.3) is 0 Å². The number of carbonyl (C=O) groups is 1. The quantitative estimate of drug-likeness (QED) is 0.903. The largest absolute Gasteiger partial charge is 0.486 e. The molecule has 0 bridgehead atoms. The maximum absolute atomic E-state index is 12.3. The average molecular weight is 355 g/mol. The lowest BCUT2D eigenvalue weighted by Crippen LogP contribution is -2.36. The minimum Gasteiger partial charge on any atom is -0.486 e. The van der Waals surface area contributed by atoms with E-state index >= 15 is 0 Å². The van der Waals surface area contributed by atoms with Gasteiger partial charge in [-0.15, -0.1) is 0 Å². The summed E-state index contributed by atoms with van der Waals surface area (Å²) >= 11 is 0. The van der Waals surface area contributed by atoms with E-state index in [0.29, 0.717) is 24.7 Å². The molecule has 26 heavy (non-hydrogen) atoms. The number of nitrogens with zero attached hydrogens (tertiary/aromatic N) is 2. The number of ether oxygens (including phenoxy) is 3. The number of benzene rings is 1. The summed E-state index contributed by atoms with van der Waals surface area (Å²) in [7, 11) is 0. The lowest BCUT2D eigenvalue weighted by molar-refractivity contribution is -0.115. The Morgan fingerprint density at radius 1 is 1.04 bits per heavy atom. The first-order chi connectivity index (χ1) is 12.8. The number of amides is 1. The predicted octanol–water partition coefficient (Wildman–Crippen LogP) is 1.87. The molecule has 4 rings (SSSR count). The Hall–Kier alpha value is -2.80. The summed E-state index contributed by atoms with van der Waals surface area (Å²) in [4.78, 5) is 18.9. The van der Waals surface area contributed by atoms with Crippen LogP contribution in [0, 0.1) is 0 Å². The fourth-order valence-corrected chi connectivity index (χ4v) is 3.03. The number of aromatic nitrogens is 1. The molecule has 1 amide bonds. The van der Waals surface area contributed by atoms with Crippen molar-refractivity contribution in [3.8, 4) is 11.5 Å². The summed E-state index contributed by atoms with van der Waals surface area (Å²) in [6.07, 6.45) is 1.95. The highest BCUT2D eigenvalue weighted by Crippen LogP contribution is 2.30. The molecule has 1 fully saturated rings. The van der Waals surface area contributed by atoms with Crippen molar-refractivity contribution in [1.29, 1.82) is 0 Å². The van der Waals surface area contributed by atoms with Crippen LogP contribution >= 0.6 is 0 Å². The van der Waals surface area contributed by atoms with Gasteiger partial charge in [0.25, 0.3) is 0 Å². The predicted molar refractivity (Wildman–Crippen MR) is 97.0 cm³/mol. The topological polar surface area (TPSA) is 72.9 Å². The Morgan fingerprint density at radius 3 is 2.62 bits per heavy atom. The van der Waals surface area contributed by atoms with Crippen molar-refractivity contribution in [2.75, 3.05) is 49.7 Å². The van der Waals surface area contributed by atoms with E-state index in [2.05, 4.69) is 15.2 Å². The highest BCUT2D eigenvalue weighted by Gasteiger charge is 2.14. The highest BCUT2D eigenvalue weighted by atomic mass is 16.6. The monoisotopic (exact) mass is 355 g/mol. The van der Waals surface area contributed by atoms with E-state index in [1.54, 1.807) is 6.20 Å². The van der Waals surface area contributed by atoms with Crippen molar-refractivity contribution in [2.45, 2.75) is 6.42 Å². The van der Waals surface area contributed by atoms with E-state index in [9.17, 15) is 4.79 Å². The zero-order valence-electron chi connectivity index (χ0n) is 14.4. The molecule has 2 aliphatic rings. The third kappa shape index (κ3) is 3.88. The van der Waals surface area contributed by atoms with Crippen LogP contribution in [-0.4, -0.2) is 50.4 Å². The molecule has 1 aromatic carbocycles. The smallest absolute Gasteiger partial charge is 0.228 e. The first kappa shape index (κ1) is 16.7. The molecule has 7 nitrogen and oxygen atoms in total. The molecule has 0 unspecified atom stereocenters. The Morgan fingerprint density at radius 2 is 1.85 bits per heavy atom. The SMILES string of the molecule is O=C(Cc1ccc2c(c1)OCCO2)Nc1ccc(N2CCOCC2)nc1. The van der Waals surface area contributed by atoms with Crippen molar-refractivity contribution >= 4 is 17.4 Å². The maximum atomic E-state index is 12.3. The lowest BCUT2D eigenvalue weighted by Gasteiger charge is -2.27. The van der Waals surface area contributed by atoms with Gasteiger partial charge >= 0.3 is 0 Å². The van der Waals surface area contributed by atoms with E-state index < -0.39 is 0 Å². The minimum atomic E-state index is -0.0948. The third-order valence-electron chi connectivity index (χ3n) is 4.34. The lowest BCUT2D eigenvalue weighted by atomic mass is 10.1. The van der Waals surface area contributed by atoms with E-state index in [-0.39, 0.29) is 12.3 Å². The van der Waals surface area contributed by atoms with E-state index in [4.69, 9.17) is 14.2 Å². The summed E-state index contributed by atoms with van der Waals surface area (Å²) in [5.41, 5.74) is 1.56. The second kappa shape index (κ2) is 7.61. The summed E-state index contributed by atoms with van der Waals surface area (Å²) in [5, 5.41) is 2.88. The molecule has 3 heterocycles. The minimum absolute atomic E-state index is 0.0948. The van der Waals surface area contributed by atoms with Gasteiger partial charge in [-0.25, -0.2) is 4.98 Å². The number of hydrogen-bond acceptors (Lipinski definition) is 6. The zero-order chi connectivity index (χ0) is 17.8. The van der Waals surface area contributed by atoms with Gasteiger partial charge in [0.15, 0.2) is 11.5 Å². The summed E-state index contributed by atoms with van der Waals surface area (Å²) in [5.74, 6) is 2.22. The number of hydrogen-bond donors (Lipinski definition) is 1. The molecule has 1 N–H and O–H groups in total. The second-order valence-corrected chi connectivity index (χ2v) is 6.21. The molecule has 1 saturated heterocycles. The van der Waals surface area contributed by atoms with Gasteiger partial charge in [-0.2, -0.15) is 0 Å². The maximum Gasteiger partial charge on any atom is 0.228 e. The normalized spacial score (nSPS) is 16.2. The van der Waals surface area contributed by atoms with Gasteiger partial charge in [-0.05, 0) is 29.8 Å². The number of rotatable bonds is 4. The summed E-state index contributed by atoms with van der Waals surface area (Å²) in [6, 6.07) is 9.38. The molecule has 2 aliphatic heterocycles. The Balaban J connectivity index is 1.35. The molecule has 0 aliphatic carbocycles. The van der Waals surface area contributed by atoms with Crippen LogP contribution in [0.15, 0.2) is 36.5 Å². The second-order valence-electron chi connectivity index (χ2n) is 6.21. The van der Waals surface area contributed by atoms with Crippen LogP contribution in [0.4, 0.5) is 11.5 Å². The van der Waals surface area contributed by atoms with Crippen molar-refractivity contribution < 1.29 is 19.0 Å². The molecule has 0 spiro atoms. The van der Waals surface area contributed by atoms with Gasteiger partial charge in [0.1, 0.15) is 19.0 Å². The summed E-state index contributed by atoms with van der Waals surface area (Å²) < 4.78 is 16.4. The highest BCUT2D eigenvalue weighted by molar-refractivity contribution is 5.92. The number of nitrogens with one attached hydrogen (secondary N) is 1. The Kier molecular flexibility index (Phi) is 4.88. The standard InChI is InChI=1S/C19H21N3O4/c23-19(12-14-1-3-16-17(11-14)26-10-9-25-16)21-15-2-4-18(20-13-15)22-5-7-24-8-6-22/h1-4,11,13H,5-10,12H2,(H,21,23). The van der Waals surface area contributed by atoms with Crippen molar-refractivity contribution in [3.63, 3.8) is 0 Å². The number of fused-ring (bicyclic) bond motifs is 1. The van der Waals surface area contributed by atoms with Crippen molar-refractivity contribution in [2.24, 2.45) is 0 Å². The van der Waals surface area contributed by atoms with E-state index in [1.165, 1.54) is 0 Å². The zero-order valence-corrected chi connectivity index (χ0v) is 14.4. The third-order valence-corrected chi connectivity index (χ3v) is 4.34. The molecule has 0 saturated carbocycles. The van der Waals surface area contributed by atoms with E-state index in [0.717, 1.165) is 43.4 Å². The fraction of sp³-hybridized carbons (Fsp3) is 0.368. The van der Waals surface area contributed by atoms with Gasteiger partial charge < -0.3 is 24.4 Å². The Bertz CT molecular complexity index is 773. The molecule has 2 aromatic rings. The van der Waals surface area contributed by atoms with Gasteiger partial charge in [0.05, 0.1) is 31.5 Å². The number of pyridine rings is 1. The van der Waals surface area contributed by atoms with Crippen LogP contribution in [0.1, 0.15) is 5.56 Å². The molecule has 0 radical (unpaired) electrons. The van der Waals surface area contributed by atoms with Crippen molar-refractivity contribution in [1.82, 2.24) is 4.98 Å². The first-order valence-corrected chi connectivity index (χ1v) is 8.75. The van der Waals surface area contributed by atoms with Crippen LogP contribution in [0.3, 0.4) is 0 Å². The first-order valence-electron chi connectivity index (χ1n) is 8.75. The van der Waals surface area contributed by atoms with Gasteiger partial charge in [-0.1, -0.05) is 6.07 Å². The van der Waals surface area contributed by atoms with Gasteiger partial charge in [-0.3, -0.25) is 4.79 Å². The molecule has 0 atom stereocenters. The number of carbonyl (C=O) groups excluding carboxylic acids is 1. The van der Waals surface area contributed by atoms with Crippen LogP contribution in [0.5, 0.6) is 11.5 Å². The average Bonchev–Trinajstić information content (AvgIpc) is 2.69. The molecule has 7 heteroatoms. The van der Waals surface area contributed by atoms with Gasteiger partial charge in [0, 0.05) is 13.1 Å². The van der Waals surface area contributed by atoms with E-state index in [1.807, 2.05) is 30.3 Å². The van der Waals surface area contributed by atoms with Crippen LogP contribution in [0.2, 0.25) is 0 Å².